The van der Waals surface area contributed by atoms with Gasteiger partial charge in [0.05, 0.1) is 30.3 Å². The van der Waals surface area contributed by atoms with Crippen LogP contribution >= 0.6 is 0 Å². The molecular weight excluding hydrogens is 308 g/mol. The van der Waals surface area contributed by atoms with Crippen LogP contribution in [0.25, 0.3) is 0 Å². The van der Waals surface area contributed by atoms with E-state index in [9.17, 15) is 4.79 Å². The molecule has 0 bridgehead atoms. The molecule has 0 aromatic carbocycles. The molecule has 0 saturated carbocycles. The van der Waals surface area contributed by atoms with Crippen molar-refractivity contribution in [1.29, 1.82) is 0 Å². The topological polar surface area (TPSA) is 85.2 Å². The summed E-state index contributed by atoms with van der Waals surface area (Å²) >= 11 is 0. The Hall–Kier alpha value is -2.48. The lowest BCUT2D eigenvalue weighted by atomic mass is 10.2. The Morgan fingerprint density at radius 2 is 1.92 bits per heavy atom. The second-order valence-electron chi connectivity index (χ2n) is 5.92. The smallest absolute Gasteiger partial charge is 0.274 e. The molecule has 3 rings (SSSR count). The minimum atomic E-state index is -0.255. The number of carbonyl (C=O) groups is 1. The lowest BCUT2D eigenvalue weighted by Gasteiger charge is -2.27. The average molecular weight is 330 g/mol. The van der Waals surface area contributed by atoms with E-state index in [1.165, 1.54) is 0 Å². The first-order valence-electron chi connectivity index (χ1n) is 7.95. The van der Waals surface area contributed by atoms with Crippen LogP contribution in [0.4, 0.5) is 11.6 Å². The first-order valence-corrected chi connectivity index (χ1v) is 7.95. The van der Waals surface area contributed by atoms with Crippen LogP contribution < -0.4 is 10.2 Å². The summed E-state index contributed by atoms with van der Waals surface area (Å²) in [7, 11) is 1.85. The fourth-order valence-electron chi connectivity index (χ4n) is 2.71. The molecule has 1 aliphatic heterocycles. The molecule has 1 fully saturated rings. The third-order valence-corrected chi connectivity index (χ3v) is 4.12. The molecule has 128 valence electrons. The van der Waals surface area contributed by atoms with Crippen LogP contribution in [0.15, 0.2) is 6.07 Å². The van der Waals surface area contributed by atoms with Gasteiger partial charge < -0.3 is 15.0 Å². The van der Waals surface area contributed by atoms with Gasteiger partial charge in [-0.25, -0.2) is 9.97 Å². The number of nitrogens with one attached hydrogen (secondary N) is 1. The predicted molar refractivity (Wildman–Crippen MR) is 90.4 cm³/mol. The highest BCUT2D eigenvalue weighted by atomic mass is 16.5. The molecule has 1 amide bonds. The molecule has 1 saturated heterocycles. The van der Waals surface area contributed by atoms with Gasteiger partial charge in [0, 0.05) is 25.8 Å². The Morgan fingerprint density at radius 3 is 2.54 bits per heavy atom. The number of morpholine rings is 1. The molecule has 0 spiro atoms. The number of hydrogen-bond donors (Lipinski definition) is 1. The minimum Gasteiger partial charge on any atom is -0.378 e. The number of amides is 1. The second kappa shape index (κ2) is 6.56. The molecule has 0 unspecified atom stereocenters. The minimum absolute atomic E-state index is 0.255. The summed E-state index contributed by atoms with van der Waals surface area (Å²) in [5.41, 5.74) is 3.53. The number of hydrogen-bond acceptors (Lipinski definition) is 6. The zero-order chi connectivity index (χ0) is 17.3. The standard InChI is InChI=1S/C16H22N6O2/c1-10-9-13(18-16(17-10)22-5-7-24-8-6-22)15(23)19-14-11(2)20-21(4)12(14)3/h9H,5-8H2,1-4H3,(H,19,23). The van der Waals surface area contributed by atoms with Crippen molar-refractivity contribution >= 4 is 17.5 Å². The van der Waals surface area contributed by atoms with Gasteiger partial charge in [-0.2, -0.15) is 5.10 Å². The maximum Gasteiger partial charge on any atom is 0.274 e. The van der Waals surface area contributed by atoms with Gasteiger partial charge in [-0.05, 0) is 26.8 Å². The summed E-state index contributed by atoms with van der Waals surface area (Å²) in [5.74, 6) is 0.317. The molecule has 2 aromatic heterocycles. The van der Waals surface area contributed by atoms with E-state index in [2.05, 4.69) is 20.4 Å². The van der Waals surface area contributed by atoms with Crippen molar-refractivity contribution in [2.24, 2.45) is 7.05 Å². The van der Waals surface area contributed by atoms with Crippen LogP contribution in [-0.2, 0) is 11.8 Å². The van der Waals surface area contributed by atoms with Gasteiger partial charge in [0.2, 0.25) is 5.95 Å². The van der Waals surface area contributed by atoms with Gasteiger partial charge in [-0.1, -0.05) is 0 Å². The number of carbonyl (C=O) groups excluding carboxylic acids is 1. The number of anilines is 2. The van der Waals surface area contributed by atoms with Crippen LogP contribution in [0.3, 0.4) is 0 Å². The maximum atomic E-state index is 12.6. The van der Waals surface area contributed by atoms with E-state index in [-0.39, 0.29) is 5.91 Å². The molecule has 0 atom stereocenters. The SMILES string of the molecule is Cc1cc(C(=O)Nc2c(C)nn(C)c2C)nc(N2CCOCC2)n1. The van der Waals surface area contributed by atoms with E-state index < -0.39 is 0 Å². The molecule has 1 aliphatic rings. The van der Waals surface area contributed by atoms with Crippen LogP contribution in [0.5, 0.6) is 0 Å². The monoisotopic (exact) mass is 330 g/mol. The van der Waals surface area contributed by atoms with E-state index >= 15 is 0 Å². The maximum absolute atomic E-state index is 12.6. The Bertz CT molecular complexity index is 764. The van der Waals surface area contributed by atoms with E-state index in [0.717, 1.165) is 35.9 Å². The zero-order valence-corrected chi connectivity index (χ0v) is 14.5. The van der Waals surface area contributed by atoms with Gasteiger partial charge in [-0.15, -0.1) is 0 Å². The second-order valence-corrected chi connectivity index (χ2v) is 5.92. The molecule has 0 aliphatic carbocycles. The number of nitrogens with zero attached hydrogens (tertiary/aromatic N) is 5. The van der Waals surface area contributed by atoms with Gasteiger partial charge in [-0.3, -0.25) is 9.48 Å². The molecule has 0 radical (unpaired) electrons. The van der Waals surface area contributed by atoms with Gasteiger partial charge in [0.25, 0.3) is 5.91 Å². The summed E-state index contributed by atoms with van der Waals surface area (Å²) < 4.78 is 7.10. The van der Waals surface area contributed by atoms with Crippen molar-refractivity contribution in [3.05, 3.63) is 28.8 Å². The summed E-state index contributed by atoms with van der Waals surface area (Å²) in [6.45, 7) is 8.40. The van der Waals surface area contributed by atoms with Gasteiger partial charge in [0.1, 0.15) is 5.69 Å². The van der Waals surface area contributed by atoms with E-state index in [4.69, 9.17) is 4.74 Å². The lowest BCUT2D eigenvalue weighted by molar-refractivity contribution is 0.102. The third-order valence-electron chi connectivity index (χ3n) is 4.12. The summed E-state index contributed by atoms with van der Waals surface area (Å²) in [6.07, 6.45) is 0. The van der Waals surface area contributed by atoms with Crippen LogP contribution in [0, 0.1) is 20.8 Å². The number of ether oxygens (including phenoxy) is 1. The molecular formula is C16H22N6O2. The Balaban J connectivity index is 1.85. The first kappa shape index (κ1) is 16.4. The molecule has 24 heavy (non-hydrogen) atoms. The van der Waals surface area contributed by atoms with E-state index in [1.54, 1.807) is 10.7 Å². The molecule has 2 aromatic rings. The largest absolute Gasteiger partial charge is 0.378 e. The molecule has 8 nitrogen and oxygen atoms in total. The summed E-state index contributed by atoms with van der Waals surface area (Å²) in [5, 5.41) is 7.23. The highest BCUT2D eigenvalue weighted by molar-refractivity contribution is 6.03. The fourth-order valence-corrected chi connectivity index (χ4v) is 2.71. The lowest BCUT2D eigenvalue weighted by Crippen LogP contribution is -2.37. The summed E-state index contributed by atoms with van der Waals surface area (Å²) in [4.78, 5) is 23.6. The van der Waals surface area contributed by atoms with Crippen molar-refractivity contribution < 1.29 is 9.53 Å². The van der Waals surface area contributed by atoms with Crippen molar-refractivity contribution in [2.45, 2.75) is 20.8 Å². The highest BCUT2D eigenvalue weighted by Crippen LogP contribution is 2.20. The Kier molecular flexibility index (Phi) is 4.48. The van der Waals surface area contributed by atoms with E-state index in [0.29, 0.717) is 24.9 Å². The van der Waals surface area contributed by atoms with Crippen molar-refractivity contribution in [2.75, 3.05) is 36.5 Å². The number of aromatic nitrogens is 4. The van der Waals surface area contributed by atoms with Gasteiger partial charge >= 0.3 is 0 Å². The van der Waals surface area contributed by atoms with Crippen LogP contribution in [-0.4, -0.2) is 52.0 Å². The number of rotatable bonds is 3. The quantitative estimate of drug-likeness (QED) is 0.911. The Labute approximate surface area is 140 Å². The molecule has 8 heteroatoms. The van der Waals surface area contributed by atoms with Crippen molar-refractivity contribution in [3.63, 3.8) is 0 Å². The van der Waals surface area contributed by atoms with E-state index in [1.807, 2.05) is 32.7 Å². The Morgan fingerprint density at radius 1 is 1.21 bits per heavy atom. The number of aryl methyl sites for hydroxylation is 3. The highest BCUT2D eigenvalue weighted by Gasteiger charge is 2.19. The molecule has 3 heterocycles. The van der Waals surface area contributed by atoms with Crippen molar-refractivity contribution in [3.8, 4) is 0 Å². The van der Waals surface area contributed by atoms with Crippen molar-refractivity contribution in [1.82, 2.24) is 19.7 Å². The average Bonchev–Trinajstić information content (AvgIpc) is 2.81. The fraction of sp³-hybridized carbons (Fsp3) is 0.500. The predicted octanol–water partition coefficient (Wildman–Crippen LogP) is 1.22. The zero-order valence-electron chi connectivity index (χ0n) is 14.5. The summed E-state index contributed by atoms with van der Waals surface area (Å²) in [6, 6.07) is 1.69. The van der Waals surface area contributed by atoms with Gasteiger partial charge in [0.15, 0.2) is 0 Å². The molecule has 1 N–H and O–H groups in total. The van der Waals surface area contributed by atoms with Crippen LogP contribution in [0.1, 0.15) is 27.6 Å². The third kappa shape index (κ3) is 3.23. The first-order chi connectivity index (χ1) is 11.5. The normalized spacial score (nSPS) is 14.8. The van der Waals surface area contributed by atoms with Crippen LogP contribution in [0.2, 0.25) is 0 Å².